The van der Waals surface area contributed by atoms with Gasteiger partial charge in [-0.05, 0) is 43.3 Å². The number of carbonyl (C=O) groups is 1. The van der Waals surface area contributed by atoms with Crippen molar-refractivity contribution in [3.8, 4) is 0 Å². The van der Waals surface area contributed by atoms with Gasteiger partial charge in [0.2, 0.25) is 5.60 Å². The van der Waals surface area contributed by atoms with Gasteiger partial charge >= 0.3 is 5.97 Å². The molecule has 1 saturated heterocycles. The molecule has 0 saturated carbocycles. The number of rotatable bonds is 5. The van der Waals surface area contributed by atoms with Crippen LogP contribution in [0.1, 0.15) is 29.5 Å². The van der Waals surface area contributed by atoms with Crippen molar-refractivity contribution < 1.29 is 14.6 Å². The summed E-state index contributed by atoms with van der Waals surface area (Å²) in [5.41, 5.74) is -1.74. The third-order valence-corrected chi connectivity index (χ3v) is 6.88. The lowest BCUT2D eigenvalue weighted by Gasteiger charge is -2.40. The molecule has 0 aromatic carbocycles. The molecule has 134 valence electrons. The second kappa shape index (κ2) is 7.41. The second-order valence-corrected chi connectivity index (χ2v) is 8.38. The third-order valence-electron chi connectivity index (χ3n) is 4.92. The number of thiophene rings is 2. The number of hydrogen-bond acceptors (Lipinski definition) is 6. The van der Waals surface area contributed by atoms with Gasteiger partial charge < -0.3 is 9.84 Å². The van der Waals surface area contributed by atoms with Crippen LogP contribution in [0, 0.1) is 0 Å². The molecule has 6 heteroatoms. The molecule has 0 aliphatic carbocycles. The monoisotopic (exact) mass is 377 g/mol. The molecule has 2 aromatic heterocycles. The zero-order valence-corrected chi connectivity index (χ0v) is 16.1. The van der Waals surface area contributed by atoms with E-state index in [2.05, 4.69) is 25.5 Å². The summed E-state index contributed by atoms with van der Waals surface area (Å²) < 4.78 is 5.80. The Morgan fingerprint density at radius 2 is 1.92 bits per heavy atom. The van der Waals surface area contributed by atoms with Crippen LogP contribution in [0.5, 0.6) is 0 Å². The average molecular weight is 378 g/mol. The lowest BCUT2D eigenvalue weighted by atomic mass is 9.94. The molecule has 0 amide bonds. The van der Waals surface area contributed by atoms with Gasteiger partial charge in [0, 0.05) is 18.5 Å². The summed E-state index contributed by atoms with van der Waals surface area (Å²) in [5, 5.41) is 15.0. The van der Waals surface area contributed by atoms with Gasteiger partial charge in [0.1, 0.15) is 6.10 Å². The largest absolute Gasteiger partial charge is 0.460 e. The predicted octanol–water partition coefficient (Wildman–Crippen LogP) is 3.63. The van der Waals surface area contributed by atoms with Gasteiger partial charge in [-0.25, -0.2) is 4.79 Å². The molecule has 1 aliphatic heterocycles. The molecule has 1 unspecified atom stereocenters. The lowest BCUT2D eigenvalue weighted by molar-refractivity contribution is -0.170. The van der Waals surface area contributed by atoms with Gasteiger partial charge in [-0.15, -0.1) is 29.3 Å². The topological polar surface area (TPSA) is 49.8 Å². The zero-order valence-electron chi connectivity index (χ0n) is 14.4. The highest BCUT2D eigenvalue weighted by atomic mass is 32.1. The van der Waals surface area contributed by atoms with Crippen LogP contribution in [0.3, 0.4) is 0 Å². The Balaban J connectivity index is 1.84. The number of hydrogen-bond donors (Lipinski definition) is 1. The zero-order chi connectivity index (χ0) is 18.0. The van der Waals surface area contributed by atoms with Crippen molar-refractivity contribution >= 4 is 28.6 Å². The molecule has 0 radical (unpaired) electrons. The molecule has 3 rings (SSSR count). The summed E-state index contributed by atoms with van der Waals surface area (Å²) in [7, 11) is 2.06. The number of likely N-dealkylation sites (tertiary alicyclic amines) is 1. The molecule has 1 N–H and O–H groups in total. The Hall–Kier alpha value is -1.47. The fourth-order valence-electron chi connectivity index (χ4n) is 3.29. The number of likely N-dealkylation sites (N-methyl/N-ethyl adjacent to an activating group) is 1. The molecule has 1 aliphatic rings. The van der Waals surface area contributed by atoms with Crippen molar-refractivity contribution in [3.05, 3.63) is 57.4 Å². The first-order valence-corrected chi connectivity index (χ1v) is 10.1. The van der Waals surface area contributed by atoms with Crippen molar-refractivity contribution in [3.63, 3.8) is 0 Å². The molecule has 25 heavy (non-hydrogen) atoms. The Kier molecular flexibility index (Phi) is 5.43. The molecular formula is C19H23NO3S2. The van der Waals surface area contributed by atoms with E-state index in [9.17, 15) is 9.90 Å². The minimum absolute atomic E-state index is 0.165. The van der Waals surface area contributed by atoms with Crippen molar-refractivity contribution in [1.29, 1.82) is 0 Å². The highest BCUT2D eigenvalue weighted by Crippen LogP contribution is 2.38. The lowest BCUT2D eigenvalue weighted by Crippen LogP contribution is -2.49. The van der Waals surface area contributed by atoms with E-state index in [4.69, 9.17) is 4.74 Å². The van der Waals surface area contributed by atoms with Crippen LogP contribution < -0.4 is 0 Å². The quantitative estimate of drug-likeness (QED) is 0.639. The fourth-order valence-corrected chi connectivity index (χ4v) is 5.01. The molecule has 4 nitrogen and oxygen atoms in total. The summed E-state index contributed by atoms with van der Waals surface area (Å²) in [6.07, 6.45) is 3.10. The number of piperidine rings is 1. The summed E-state index contributed by atoms with van der Waals surface area (Å²) in [4.78, 5) is 16.4. The van der Waals surface area contributed by atoms with E-state index >= 15 is 0 Å². The first-order chi connectivity index (χ1) is 12.0. The smallest absolute Gasteiger partial charge is 0.349 e. The normalized spacial score (nSPS) is 24.8. The predicted molar refractivity (Wildman–Crippen MR) is 102 cm³/mol. The number of ether oxygens (including phenoxy) is 1. The Morgan fingerprint density at radius 3 is 2.40 bits per heavy atom. The SMILES string of the molecule is C=C[C@@H]1C[C@@H](OC(=O)C(O)(c2cccs2)c2cccs2)CC(C)N1C. The van der Waals surface area contributed by atoms with E-state index < -0.39 is 11.6 Å². The molecule has 1 fully saturated rings. The summed E-state index contributed by atoms with van der Waals surface area (Å²) in [6, 6.07) is 7.66. The molecule has 3 atom stereocenters. The van der Waals surface area contributed by atoms with E-state index in [0.717, 1.165) is 6.42 Å². The minimum Gasteiger partial charge on any atom is -0.460 e. The summed E-state index contributed by atoms with van der Waals surface area (Å²) in [5.74, 6) is -0.595. The van der Waals surface area contributed by atoms with Crippen LogP contribution in [0.2, 0.25) is 0 Å². The number of aliphatic hydroxyl groups is 1. The van der Waals surface area contributed by atoms with Crippen molar-refractivity contribution in [1.82, 2.24) is 4.90 Å². The number of carbonyl (C=O) groups excluding carboxylic acids is 1. The number of esters is 1. The van der Waals surface area contributed by atoms with Crippen LogP contribution in [0.15, 0.2) is 47.7 Å². The molecule has 3 heterocycles. The first-order valence-electron chi connectivity index (χ1n) is 8.32. The maximum Gasteiger partial charge on any atom is 0.349 e. The highest BCUT2D eigenvalue weighted by Gasteiger charge is 2.45. The molecular weight excluding hydrogens is 354 g/mol. The van der Waals surface area contributed by atoms with Crippen LogP contribution in [-0.2, 0) is 15.1 Å². The van der Waals surface area contributed by atoms with E-state index in [-0.39, 0.29) is 18.2 Å². The van der Waals surface area contributed by atoms with Crippen LogP contribution >= 0.6 is 22.7 Å². The van der Waals surface area contributed by atoms with E-state index in [1.807, 2.05) is 29.0 Å². The number of nitrogens with zero attached hydrogens (tertiary/aromatic N) is 1. The average Bonchev–Trinajstić information content (AvgIpc) is 3.31. The van der Waals surface area contributed by atoms with E-state index in [1.54, 1.807) is 12.1 Å². The van der Waals surface area contributed by atoms with Crippen LogP contribution in [0.25, 0.3) is 0 Å². The molecule has 0 spiro atoms. The summed E-state index contributed by atoms with van der Waals surface area (Å²) in [6.45, 7) is 6.00. The minimum atomic E-state index is -1.74. The van der Waals surface area contributed by atoms with Crippen molar-refractivity contribution in [2.24, 2.45) is 0 Å². The van der Waals surface area contributed by atoms with Crippen LogP contribution in [0.4, 0.5) is 0 Å². The van der Waals surface area contributed by atoms with Crippen molar-refractivity contribution in [2.75, 3.05) is 7.05 Å². The molecule has 2 aromatic rings. The Morgan fingerprint density at radius 1 is 1.32 bits per heavy atom. The van der Waals surface area contributed by atoms with Crippen molar-refractivity contribution in [2.45, 2.75) is 43.6 Å². The Labute approximate surface area is 156 Å². The van der Waals surface area contributed by atoms with Gasteiger partial charge in [0.25, 0.3) is 0 Å². The van der Waals surface area contributed by atoms with Gasteiger partial charge in [-0.3, -0.25) is 4.90 Å². The maximum absolute atomic E-state index is 13.0. The highest BCUT2D eigenvalue weighted by molar-refractivity contribution is 7.12. The maximum atomic E-state index is 13.0. The standard InChI is InChI=1S/C19H23NO3S2/c1-4-14-12-15(11-13(2)20(14)3)23-18(21)19(22,16-7-5-9-24-16)17-8-6-10-25-17/h4-10,13-15,22H,1,11-12H2,2-3H3/t13?,14-,15+/m1/s1. The third kappa shape index (κ3) is 3.44. The van der Waals surface area contributed by atoms with Crippen LogP contribution in [-0.4, -0.2) is 41.2 Å². The summed E-state index contributed by atoms with van der Waals surface area (Å²) >= 11 is 2.71. The van der Waals surface area contributed by atoms with E-state index in [1.165, 1.54) is 22.7 Å². The van der Waals surface area contributed by atoms with Gasteiger partial charge in [-0.1, -0.05) is 18.2 Å². The van der Waals surface area contributed by atoms with E-state index in [0.29, 0.717) is 16.2 Å². The fraction of sp³-hybridized carbons (Fsp3) is 0.421. The Bertz CT molecular complexity index is 677. The van der Waals surface area contributed by atoms with Gasteiger partial charge in [-0.2, -0.15) is 0 Å². The van der Waals surface area contributed by atoms with Gasteiger partial charge in [0.05, 0.1) is 9.75 Å². The molecule has 0 bridgehead atoms. The first kappa shape index (κ1) is 18.3. The van der Waals surface area contributed by atoms with Gasteiger partial charge in [0.15, 0.2) is 0 Å². The second-order valence-electron chi connectivity index (χ2n) is 6.48.